The first kappa shape index (κ1) is 36.3. The summed E-state index contributed by atoms with van der Waals surface area (Å²) >= 11 is 6.17. The van der Waals surface area contributed by atoms with E-state index in [-0.39, 0.29) is 41.1 Å². The van der Waals surface area contributed by atoms with Crippen LogP contribution in [0.1, 0.15) is 30.5 Å². The number of halogens is 1. The summed E-state index contributed by atoms with van der Waals surface area (Å²) in [5.74, 6) is -0.138. The minimum Gasteiger partial charge on any atom is -0.493 e. The number of sulfonamides is 1. The molecule has 0 aromatic heterocycles. The average molecular weight is 692 g/mol. The molecule has 11 heteroatoms. The van der Waals surface area contributed by atoms with E-state index in [9.17, 15) is 18.0 Å². The maximum Gasteiger partial charge on any atom is 0.264 e. The van der Waals surface area contributed by atoms with Gasteiger partial charge >= 0.3 is 0 Å². The standard InChI is InChI=1S/C37H42ClN3O6S/c1-26(2)23-39-37(43)33(21-28-9-7-6-8-10-28)40(24-29-13-11-27(3)12-14-29)36(42)25-41(31-17-15-30(38)16-18-31)48(44,45)32-19-20-34(46-4)35(22-32)47-5/h6-20,22,26,33H,21,23-25H2,1-5H3,(H,39,43)/t33-/m1/s1. The maximum atomic E-state index is 14.6. The van der Waals surface area contributed by atoms with Crippen LogP contribution in [0.5, 0.6) is 11.5 Å². The van der Waals surface area contributed by atoms with Crippen LogP contribution in [-0.4, -0.2) is 58.5 Å². The van der Waals surface area contributed by atoms with E-state index in [2.05, 4.69) is 5.32 Å². The molecule has 1 N–H and O–H groups in total. The molecule has 0 bridgehead atoms. The van der Waals surface area contributed by atoms with Gasteiger partial charge in [-0.15, -0.1) is 0 Å². The quantitative estimate of drug-likeness (QED) is 0.158. The van der Waals surface area contributed by atoms with Crippen molar-refractivity contribution in [1.82, 2.24) is 10.2 Å². The zero-order chi connectivity index (χ0) is 34.8. The van der Waals surface area contributed by atoms with Crippen molar-refractivity contribution >= 4 is 39.1 Å². The molecule has 4 aromatic carbocycles. The topological polar surface area (TPSA) is 105 Å². The van der Waals surface area contributed by atoms with Crippen molar-refractivity contribution in [3.63, 3.8) is 0 Å². The third-order valence-electron chi connectivity index (χ3n) is 7.77. The number of nitrogens with zero attached hydrogens (tertiary/aromatic N) is 2. The molecule has 0 unspecified atom stereocenters. The largest absolute Gasteiger partial charge is 0.493 e. The molecule has 1 atom stereocenters. The van der Waals surface area contributed by atoms with E-state index in [4.69, 9.17) is 21.1 Å². The van der Waals surface area contributed by atoms with Crippen molar-refractivity contribution < 1.29 is 27.5 Å². The number of benzene rings is 4. The Bertz CT molecular complexity index is 1780. The molecule has 0 saturated carbocycles. The van der Waals surface area contributed by atoms with Gasteiger partial charge in [-0.25, -0.2) is 8.42 Å². The lowest BCUT2D eigenvalue weighted by molar-refractivity contribution is -0.140. The van der Waals surface area contributed by atoms with E-state index >= 15 is 0 Å². The van der Waals surface area contributed by atoms with Crippen LogP contribution >= 0.6 is 11.6 Å². The van der Waals surface area contributed by atoms with Crippen LogP contribution < -0.4 is 19.1 Å². The fourth-order valence-electron chi connectivity index (χ4n) is 5.11. The van der Waals surface area contributed by atoms with Gasteiger partial charge in [-0.3, -0.25) is 13.9 Å². The van der Waals surface area contributed by atoms with E-state index in [1.165, 1.54) is 49.5 Å². The Hall–Kier alpha value is -4.54. The molecule has 0 heterocycles. The molecule has 4 aromatic rings. The molecule has 254 valence electrons. The lowest BCUT2D eigenvalue weighted by Gasteiger charge is -2.34. The highest BCUT2D eigenvalue weighted by Crippen LogP contribution is 2.33. The van der Waals surface area contributed by atoms with Gasteiger partial charge in [0.1, 0.15) is 12.6 Å². The molecule has 4 rings (SSSR count). The van der Waals surface area contributed by atoms with Gasteiger partial charge in [0.15, 0.2) is 11.5 Å². The first-order valence-electron chi connectivity index (χ1n) is 15.6. The average Bonchev–Trinajstić information content (AvgIpc) is 3.08. The second-order valence-electron chi connectivity index (χ2n) is 11.9. The highest BCUT2D eigenvalue weighted by atomic mass is 35.5. The number of hydrogen-bond donors (Lipinski definition) is 1. The summed E-state index contributed by atoms with van der Waals surface area (Å²) in [7, 11) is -1.48. The molecule has 0 aliphatic heterocycles. The summed E-state index contributed by atoms with van der Waals surface area (Å²) in [6.07, 6.45) is 0.228. The third kappa shape index (κ3) is 9.29. The van der Waals surface area contributed by atoms with E-state index < -0.39 is 28.5 Å². The zero-order valence-corrected chi connectivity index (χ0v) is 29.4. The molecule has 9 nitrogen and oxygen atoms in total. The molecular formula is C37H42ClN3O6S. The van der Waals surface area contributed by atoms with E-state index in [0.717, 1.165) is 21.0 Å². The normalized spacial score (nSPS) is 11.9. The molecule has 0 aliphatic rings. The molecule has 0 radical (unpaired) electrons. The number of nitrogens with one attached hydrogen (secondary N) is 1. The Morgan fingerprint density at radius 1 is 0.833 bits per heavy atom. The van der Waals surface area contributed by atoms with Crippen molar-refractivity contribution in [3.8, 4) is 11.5 Å². The van der Waals surface area contributed by atoms with Gasteiger partial charge in [0.25, 0.3) is 10.0 Å². The van der Waals surface area contributed by atoms with Crippen LogP contribution in [0, 0.1) is 12.8 Å². The number of hydrogen-bond acceptors (Lipinski definition) is 6. The molecular weight excluding hydrogens is 650 g/mol. The summed E-state index contributed by atoms with van der Waals surface area (Å²) < 4.78 is 40.4. The number of aryl methyl sites for hydroxylation is 1. The van der Waals surface area contributed by atoms with Crippen molar-refractivity contribution in [1.29, 1.82) is 0 Å². The second-order valence-corrected chi connectivity index (χ2v) is 14.2. The summed E-state index contributed by atoms with van der Waals surface area (Å²) in [6.45, 7) is 5.85. The number of methoxy groups -OCH3 is 2. The van der Waals surface area contributed by atoms with Crippen LogP contribution in [0.3, 0.4) is 0 Å². The Balaban J connectivity index is 1.81. The third-order valence-corrected chi connectivity index (χ3v) is 9.79. The zero-order valence-electron chi connectivity index (χ0n) is 27.9. The van der Waals surface area contributed by atoms with Crippen LogP contribution in [0.4, 0.5) is 5.69 Å². The molecule has 0 fully saturated rings. The van der Waals surface area contributed by atoms with Crippen LogP contribution in [0.25, 0.3) is 0 Å². The van der Waals surface area contributed by atoms with Gasteiger partial charge in [0.2, 0.25) is 11.8 Å². The van der Waals surface area contributed by atoms with Gasteiger partial charge < -0.3 is 19.7 Å². The number of amides is 2. The maximum absolute atomic E-state index is 14.6. The molecule has 0 aliphatic carbocycles. The SMILES string of the molecule is COc1ccc(S(=O)(=O)N(CC(=O)N(Cc2ccc(C)cc2)[C@H](Cc2ccccc2)C(=O)NCC(C)C)c2ccc(Cl)cc2)cc1OC. The van der Waals surface area contributed by atoms with E-state index in [0.29, 0.717) is 17.3 Å². The highest BCUT2D eigenvalue weighted by Gasteiger charge is 2.35. The van der Waals surface area contributed by atoms with E-state index in [1.807, 2.05) is 75.4 Å². The Kier molecular flexibility index (Phi) is 12.5. The van der Waals surface area contributed by atoms with Crippen LogP contribution in [0.2, 0.25) is 5.02 Å². The minimum atomic E-state index is -4.35. The number of rotatable bonds is 15. The fourth-order valence-corrected chi connectivity index (χ4v) is 6.66. The monoisotopic (exact) mass is 691 g/mol. The Labute approximate surface area is 288 Å². The van der Waals surface area contributed by atoms with Gasteiger partial charge in [0.05, 0.1) is 24.8 Å². The predicted octanol–water partition coefficient (Wildman–Crippen LogP) is 6.27. The van der Waals surface area contributed by atoms with Gasteiger partial charge in [0, 0.05) is 30.6 Å². The smallest absolute Gasteiger partial charge is 0.264 e. The lowest BCUT2D eigenvalue weighted by atomic mass is 10.0. The summed E-state index contributed by atoms with van der Waals surface area (Å²) in [5.41, 5.74) is 2.92. The fraction of sp³-hybridized carbons (Fsp3) is 0.297. The summed E-state index contributed by atoms with van der Waals surface area (Å²) in [5, 5.41) is 3.40. The van der Waals surface area contributed by atoms with Gasteiger partial charge in [-0.05, 0) is 60.4 Å². The second kappa shape index (κ2) is 16.5. The summed E-state index contributed by atoms with van der Waals surface area (Å²) in [4.78, 5) is 29.9. The van der Waals surface area contributed by atoms with Crippen LogP contribution in [-0.2, 0) is 32.6 Å². The van der Waals surface area contributed by atoms with Crippen LogP contribution in [0.15, 0.2) is 102 Å². The first-order valence-corrected chi connectivity index (χ1v) is 17.4. The van der Waals surface area contributed by atoms with Crippen molar-refractivity contribution in [2.45, 2.75) is 44.7 Å². The van der Waals surface area contributed by atoms with Gasteiger partial charge in [-0.2, -0.15) is 0 Å². The molecule has 0 spiro atoms. The van der Waals surface area contributed by atoms with Crippen molar-refractivity contribution in [3.05, 3.63) is 119 Å². The number of anilines is 1. The predicted molar refractivity (Wildman–Crippen MR) is 189 cm³/mol. The van der Waals surface area contributed by atoms with Crippen molar-refractivity contribution in [2.24, 2.45) is 5.92 Å². The molecule has 0 saturated heterocycles. The number of carbonyl (C=O) groups is 2. The van der Waals surface area contributed by atoms with E-state index in [1.54, 1.807) is 12.1 Å². The lowest BCUT2D eigenvalue weighted by Crippen LogP contribution is -2.53. The Morgan fingerprint density at radius 2 is 1.48 bits per heavy atom. The van der Waals surface area contributed by atoms with Gasteiger partial charge in [-0.1, -0.05) is 85.6 Å². The molecule has 48 heavy (non-hydrogen) atoms. The number of ether oxygens (including phenoxy) is 2. The highest BCUT2D eigenvalue weighted by molar-refractivity contribution is 7.92. The minimum absolute atomic E-state index is 0.0799. The first-order chi connectivity index (χ1) is 22.9. The Morgan fingerprint density at radius 3 is 2.08 bits per heavy atom. The molecule has 2 amide bonds. The van der Waals surface area contributed by atoms with Crippen molar-refractivity contribution in [2.75, 3.05) is 31.6 Å². The summed E-state index contributed by atoms with van der Waals surface area (Å²) in [6, 6.07) is 26.6. The number of carbonyl (C=O) groups excluding carboxylic acids is 2.